The molecule has 0 bridgehead atoms. The van der Waals surface area contributed by atoms with Crippen LogP contribution in [0.1, 0.15) is 0 Å². The summed E-state index contributed by atoms with van der Waals surface area (Å²) >= 11 is 0. The molecule has 0 saturated heterocycles. The standard InChI is InChI=1S/C39H32N14O15S4.4Na/c40-37(54)44-33-17-23(5-13-29(33)50-52-31-15-7-25(19-35(31)71(63,64)65)48-46-21-1-9-27(10-2-21)69(57,58)59)42-39(56)43-24-6-14-30(34(18-24)45-38(41)55)51-53-32-16-8-26(20-36(32)72(66,67)68)49-47-22-3-11-28(12-4-22)70(60,61)62;;;;/h1-20H,(H3,40,44,54)(H3,41,45,55)(H2,42,43,56)(H,57,58,59)(H,60,61,62)(H,63,64,65)(H,66,67,68);;;;. The largest absolute Gasteiger partial charge is 0.481 e. The smallest absolute Gasteiger partial charge is 0.296 e. The third-order valence-corrected chi connectivity index (χ3v) is 12.3. The first kappa shape index (κ1) is 67.3. The maximum atomic E-state index is 12.3. The van der Waals surface area contributed by atoms with Gasteiger partial charge in [0.05, 0.1) is 49.6 Å². The molecule has 0 fully saturated rings. The Hall–Kier alpha value is -4.83. The predicted molar refractivity (Wildman–Crippen MR) is 279 cm³/mol. The van der Waals surface area contributed by atoms with E-state index in [1.807, 2.05) is 0 Å². The molecule has 6 aromatic rings. The van der Waals surface area contributed by atoms with Crippen LogP contribution in [0.15, 0.2) is 187 Å². The van der Waals surface area contributed by atoms with Crippen LogP contribution in [0.25, 0.3) is 0 Å². The minimum Gasteiger partial charge on any atom is -0.481 e. The summed E-state index contributed by atoms with van der Waals surface area (Å²) in [6, 6.07) is 20.2. The summed E-state index contributed by atoms with van der Waals surface area (Å²) in [5.41, 5.74) is -1.25. The SMILES string of the molecule is N=C(O)Nc1cc(N=C(O)Nc2ccc(N=Nc3ccc(N=Nc4ccc(S(=O)(=O)O)cc4)cc3S(=O)(=O)O)c(NC(=N)O)c2)ccc1N=Nc1ccc(N=Nc2ccc(S(=O)(=O)O)cc2)cc1S(=O)(=O)O.[Na].[Na].[Na].[Na]. The second kappa shape index (κ2) is 28.7. The fourth-order valence-electron chi connectivity index (χ4n) is 5.64. The van der Waals surface area contributed by atoms with E-state index in [0.29, 0.717) is 0 Å². The van der Waals surface area contributed by atoms with Gasteiger partial charge in [0.15, 0.2) is 0 Å². The molecule has 0 aliphatic rings. The van der Waals surface area contributed by atoms with E-state index in [-0.39, 0.29) is 175 Å². The Labute approximate surface area is 519 Å². The molecule has 76 heavy (non-hydrogen) atoms. The first-order chi connectivity index (χ1) is 33.7. The summed E-state index contributed by atoms with van der Waals surface area (Å²) in [5, 5.41) is 83.5. The third-order valence-electron chi connectivity index (χ3n) is 8.78. The maximum absolute atomic E-state index is 12.3. The van der Waals surface area contributed by atoms with Gasteiger partial charge in [-0.15, -0.1) is 20.5 Å². The minimum absolute atomic E-state index is 0. The molecule has 29 nitrogen and oxygen atoms in total. The van der Waals surface area contributed by atoms with Crippen LogP contribution in [-0.4, -0.2) is 203 Å². The second-order valence-corrected chi connectivity index (χ2v) is 19.6. The Morgan fingerprint density at radius 2 is 0.697 bits per heavy atom. The third kappa shape index (κ3) is 19.9. The minimum atomic E-state index is -4.96. The topological polar surface area (TPSA) is 473 Å². The van der Waals surface area contributed by atoms with E-state index >= 15 is 0 Å². The van der Waals surface area contributed by atoms with E-state index in [2.05, 4.69) is 61.9 Å². The van der Waals surface area contributed by atoms with Gasteiger partial charge in [-0.05, 0) is 121 Å². The average Bonchev–Trinajstić information content (AvgIpc) is 3.28. The van der Waals surface area contributed by atoms with Crippen LogP contribution in [0, 0.1) is 10.8 Å². The second-order valence-electron chi connectivity index (χ2n) is 13.9. The summed E-state index contributed by atoms with van der Waals surface area (Å²) < 4.78 is 133. The van der Waals surface area contributed by atoms with Gasteiger partial charge in [0.25, 0.3) is 58.5 Å². The van der Waals surface area contributed by atoms with Crippen molar-refractivity contribution < 1.29 is 67.2 Å². The molecule has 0 unspecified atom stereocenters. The van der Waals surface area contributed by atoms with Gasteiger partial charge in [-0.3, -0.25) is 29.0 Å². The summed E-state index contributed by atoms with van der Waals surface area (Å²) in [5.74, 6) is 0. The van der Waals surface area contributed by atoms with Gasteiger partial charge in [-0.25, -0.2) is 0 Å². The molecule has 0 aromatic heterocycles. The number of hydrogen-bond acceptors (Lipinski definition) is 19. The molecule has 0 amide bonds. The van der Waals surface area contributed by atoms with Gasteiger partial charge >= 0.3 is 0 Å². The summed E-state index contributed by atoms with van der Waals surface area (Å²) in [4.78, 5) is 1.69. The van der Waals surface area contributed by atoms with Crippen molar-refractivity contribution in [2.24, 2.45) is 45.9 Å². The number of amidine groups is 3. The molecule has 37 heteroatoms. The number of benzene rings is 6. The molecular weight excluding hydrogens is 1120 g/mol. The molecule has 4 radical (unpaired) electrons. The Morgan fingerprint density at radius 1 is 0.368 bits per heavy atom. The van der Waals surface area contributed by atoms with Crippen LogP contribution in [0.4, 0.5) is 68.2 Å². The number of nitrogens with zero attached hydrogens (tertiary/aromatic N) is 9. The monoisotopic (exact) mass is 1160 g/mol. The van der Waals surface area contributed by atoms with Crippen molar-refractivity contribution in [1.29, 1.82) is 10.8 Å². The number of anilines is 3. The van der Waals surface area contributed by atoms with Crippen molar-refractivity contribution in [2.75, 3.05) is 16.0 Å². The maximum Gasteiger partial charge on any atom is 0.296 e. The number of rotatable bonds is 16. The van der Waals surface area contributed by atoms with Gasteiger partial charge < -0.3 is 31.3 Å². The summed E-state index contributed by atoms with van der Waals surface area (Å²) in [6.45, 7) is 0. The molecular formula is C39H32N14Na4O15S4. The molecule has 12 N–H and O–H groups in total. The quantitative estimate of drug-likeness (QED) is 0.0142. The molecule has 376 valence electrons. The zero-order valence-corrected chi connectivity index (χ0v) is 50.9. The van der Waals surface area contributed by atoms with E-state index in [0.717, 1.165) is 48.5 Å². The number of aliphatic hydroxyl groups is 3. The van der Waals surface area contributed by atoms with Gasteiger partial charge in [0.2, 0.25) is 0 Å². The van der Waals surface area contributed by atoms with Crippen molar-refractivity contribution in [3.05, 3.63) is 121 Å². The van der Waals surface area contributed by atoms with E-state index in [1.54, 1.807) is 0 Å². The molecule has 0 atom stereocenters. The van der Waals surface area contributed by atoms with E-state index in [1.165, 1.54) is 72.8 Å². The van der Waals surface area contributed by atoms with Crippen molar-refractivity contribution in [1.82, 2.24) is 0 Å². The fourth-order valence-corrected chi connectivity index (χ4v) is 7.89. The van der Waals surface area contributed by atoms with E-state index in [4.69, 9.17) is 19.9 Å². The molecule has 0 aliphatic carbocycles. The van der Waals surface area contributed by atoms with E-state index < -0.39 is 89.5 Å². The molecule has 0 saturated carbocycles. The van der Waals surface area contributed by atoms with Crippen molar-refractivity contribution in [2.45, 2.75) is 19.6 Å². The Bertz CT molecular complexity index is 3770. The first-order valence-corrected chi connectivity index (χ1v) is 24.9. The zero-order valence-electron chi connectivity index (χ0n) is 39.6. The number of azo groups is 4. The number of aliphatic imine (C=N–C) groups is 1. The molecule has 6 aromatic carbocycles. The molecule has 6 rings (SSSR count). The Morgan fingerprint density at radius 3 is 1.08 bits per heavy atom. The zero-order chi connectivity index (χ0) is 52.6. The van der Waals surface area contributed by atoms with Gasteiger partial charge in [-0.1, -0.05) is 0 Å². The van der Waals surface area contributed by atoms with E-state index in [9.17, 15) is 58.1 Å². The first-order valence-electron chi connectivity index (χ1n) is 19.2. The Kier molecular flexibility index (Phi) is 25.4. The fraction of sp³-hybridized carbons (Fsp3) is 0. The van der Waals surface area contributed by atoms with Crippen LogP contribution in [0.2, 0.25) is 0 Å². The molecule has 0 aliphatic heterocycles. The van der Waals surface area contributed by atoms with Crippen LogP contribution >= 0.6 is 0 Å². The number of nitrogens with one attached hydrogen (secondary N) is 5. The van der Waals surface area contributed by atoms with Crippen molar-refractivity contribution in [3.8, 4) is 0 Å². The number of aliphatic hydroxyl groups excluding tert-OH is 3. The molecule has 0 spiro atoms. The molecule has 0 heterocycles. The van der Waals surface area contributed by atoms with Crippen molar-refractivity contribution >= 4 is 245 Å². The summed E-state index contributed by atoms with van der Waals surface area (Å²) in [6.07, 6.45) is 0. The van der Waals surface area contributed by atoms with Crippen LogP contribution in [0.3, 0.4) is 0 Å². The summed E-state index contributed by atoms with van der Waals surface area (Å²) in [7, 11) is -18.9. The average molecular weight is 1160 g/mol. The predicted octanol–water partition coefficient (Wildman–Crippen LogP) is 8.28. The van der Waals surface area contributed by atoms with Crippen LogP contribution in [0.5, 0.6) is 0 Å². The number of hydrogen-bond donors (Lipinski definition) is 12. The Balaban J connectivity index is 0.00000494. The van der Waals surface area contributed by atoms with Gasteiger partial charge in [0, 0.05) is 124 Å². The van der Waals surface area contributed by atoms with Gasteiger partial charge in [-0.2, -0.15) is 59.1 Å². The van der Waals surface area contributed by atoms with Crippen LogP contribution in [-0.2, 0) is 40.5 Å². The van der Waals surface area contributed by atoms with Crippen LogP contribution < -0.4 is 16.0 Å². The normalized spacial score (nSPS) is 12.1. The van der Waals surface area contributed by atoms with Gasteiger partial charge in [0.1, 0.15) is 32.5 Å². The van der Waals surface area contributed by atoms with Crippen molar-refractivity contribution in [3.63, 3.8) is 0 Å².